The molecule has 1 aromatic carbocycles. The summed E-state index contributed by atoms with van der Waals surface area (Å²) in [5, 5.41) is -0.0595. The van der Waals surface area contributed by atoms with Crippen molar-refractivity contribution in [2.45, 2.75) is 37.8 Å². The Hall–Kier alpha value is -1.33. The number of rotatable bonds is 6. The van der Waals surface area contributed by atoms with Crippen LogP contribution in [0.25, 0.3) is 0 Å². The van der Waals surface area contributed by atoms with E-state index in [0.29, 0.717) is 6.42 Å². The maximum atomic E-state index is 11.3. The van der Waals surface area contributed by atoms with Crippen molar-refractivity contribution in [3.8, 4) is 0 Å². The molecule has 1 aromatic heterocycles. The summed E-state index contributed by atoms with van der Waals surface area (Å²) >= 11 is 0. The minimum atomic E-state index is -3.75. The Balaban J connectivity index is 2.04. The Morgan fingerprint density at radius 1 is 1.25 bits per heavy atom. The summed E-state index contributed by atoms with van der Waals surface area (Å²) in [5.41, 5.74) is 1.27. The number of imidazole rings is 1. The van der Waals surface area contributed by atoms with Gasteiger partial charge in [0, 0.05) is 29.8 Å². The molecule has 20 heavy (non-hydrogen) atoms. The Labute approximate surface area is 123 Å². The van der Waals surface area contributed by atoms with Crippen LogP contribution < -0.4 is 0 Å². The van der Waals surface area contributed by atoms with Gasteiger partial charge in [0.05, 0.1) is 0 Å². The fourth-order valence-electron chi connectivity index (χ4n) is 2.12. The Kier molecular flexibility index (Phi) is 4.83. The van der Waals surface area contributed by atoms with Gasteiger partial charge in [-0.2, -0.15) is 0 Å². The summed E-state index contributed by atoms with van der Waals surface area (Å²) in [6.07, 6.45) is 4.07. The second kappa shape index (κ2) is 6.41. The molecule has 0 saturated carbocycles. The lowest BCUT2D eigenvalue weighted by Crippen LogP contribution is -2.03. The molecule has 0 N–H and O–H groups in total. The van der Waals surface area contributed by atoms with E-state index in [-0.39, 0.29) is 5.03 Å². The van der Waals surface area contributed by atoms with Crippen LogP contribution in [0.1, 0.15) is 24.7 Å². The van der Waals surface area contributed by atoms with E-state index < -0.39 is 9.05 Å². The van der Waals surface area contributed by atoms with Crippen LogP contribution in [0.3, 0.4) is 0 Å². The standard InChI is InChI=1S/C14H17ClN2O2S/c1-2-13-16-14(20(15,18)19)11-17(13)10-6-9-12-7-4-3-5-8-12/h3-5,7-8,11H,2,6,9-10H2,1H3. The molecule has 0 bridgehead atoms. The molecule has 0 amide bonds. The summed E-state index contributed by atoms with van der Waals surface area (Å²) < 4.78 is 24.5. The fourth-order valence-corrected chi connectivity index (χ4v) is 2.81. The van der Waals surface area contributed by atoms with Gasteiger partial charge in [0.2, 0.25) is 0 Å². The molecular weight excluding hydrogens is 296 g/mol. The van der Waals surface area contributed by atoms with Crippen LogP contribution in [0, 0.1) is 0 Å². The van der Waals surface area contributed by atoms with Crippen LogP contribution in [-0.2, 0) is 28.4 Å². The maximum absolute atomic E-state index is 11.3. The quantitative estimate of drug-likeness (QED) is 0.770. The number of nitrogens with zero attached hydrogens (tertiary/aromatic N) is 2. The summed E-state index contributed by atoms with van der Waals surface area (Å²) in [5.74, 6) is 0.747. The number of halogens is 1. The number of aromatic nitrogens is 2. The molecule has 2 rings (SSSR count). The average Bonchev–Trinajstić information content (AvgIpc) is 2.83. The lowest BCUT2D eigenvalue weighted by molar-refractivity contribution is 0.605. The summed E-state index contributed by atoms with van der Waals surface area (Å²) in [6, 6.07) is 10.2. The first-order valence-corrected chi connectivity index (χ1v) is 8.86. The molecule has 4 nitrogen and oxygen atoms in total. The number of hydrogen-bond acceptors (Lipinski definition) is 3. The van der Waals surface area contributed by atoms with Crippen molar-refractivity contribution in [2.75, 3.05) is 0 Å². The summed E-state index contributed by atoms with van der Waals surface area (Å²) in [6.45, 7) is 2.68. The minimum absolute atomic E-state index is 0.0595. The molecule has 0 aliphatic carbocycles. The molecule has 0 unspecified atom stereocenters. The molecule has 0 spiro atoms. The number of hydrogen-bond donors (Lipinski definition) is 0. The average molecular weight is 313 g/mol. The van der Waals surface area contributed by atoms with E-state index in [4.69, 9.17) is 10.7 Å². The van der Waals surface area contributed by atoms with E-state index in [2.05, 4.69) is 17.1 Å². The highest BCUT2D eigenvalue weighted by Gasteiger charge is 2.16. The predicted molar refractivity (Wildman–Crippen MR) is 79.4 cm³/mol. The van der Waals surface area contributed by atoms with E-state index in [1.807, 2.05) is 29.7 Å². The molecule has 108 valence electrons. The molecule has 0 aliphatic rings. The zero-order valence-electron chi connectivity index (χ0n) is 11.3. The van der Waals surface area contributed by atoms with E-state index in [1.54, 1.807) is 0 Å². The van der Waals surface area contributed by atoms with E-state index in [1.165, 1.54) is 11.8 Å². The number of benzene rings is 1. The highest BCUT2D eigenvalue weighted by molar-refractivity contribution is 8.13. The van der Waals surface area contributed by atoms with Crippen LogP contribution >= 0.6 is 10.7 Å². The van der Waals surface area contributed by atoms with Crippen molar-refractivity contribution in [3.63, 3.8) is 0 Å². The van der Waals surface area contributed by atoms with Crippen molar-refractivity contribution in [1.82, 2.24) is 9.55 Å². The predicted octanol–water partition coefficient (Wildman–Crippen LogP) is 3.01. The fraction of sp³-hybridized carbons (Fsp3) is 0.357. The topological polar surface area (TPSA) is 52.0 Å². The Bertz CT molecular complexity index is 666. The third kappa shape index (κ3) is 3.84. The van der Waals surface area contributed by atoms with E-state index >= 15 is 0 Å². The SMILES string of the molecule is CCc1nc(S(=O)(=O)Cl)cn1CCCc1ccccc1. The lowest BCUT2D eigenvalue weighted by Gasteiger charge is -2.06. The van der Waals surface area contributed by atoms with Gasteiger partial charge in [-0.05, 0) is 18.4 Å². The second-order valence-corrected chi connectivity index (χ2v) is 7.08. The Morgan fingerprint density at radius 3 is 2.55 bits per heavy atom. The second-order valence-electron chi connectivity index (χ2n) is 4.57. The summed E-state index contributed by atoms with van der Waals surface area (Å²) in [7, 11) is 1.58. The molecule has 1 heterocycles. The van der Waals surface area contributed by atoms with Crippen molar-refractivity contribution >= 4 is 19.7 Å². The monoisotopic (exact) mass is 312 g/mol. The van der Waals surface area contributed by atoms with Gasteiger partial charge in [0.25, 0.3) is 9.05 Å². The van der Waals surface area contributed by atoms with Gasteiger partial charge in [-0.25, -0.2) is 13.4 Å². The first-order valence-electron chi connectivity index (χ1n) is 6.55. The van der Waals surface area contributed by atoms with E-state index in [0.717, 1.165) is 25.2 Å². The zero-order chi connectivity index (χ0) is 14.6. The van der Waals surface area contributed by atoms with Crippen molar-refractivity contribution in [1.29, 1.82) is 0 Å². The van der Waals surface area contributed by atoms with Gasteiger partial charge in [-0.3, -0.25) is 0 Å². The van der Waals surface area contributed by atoms with Crippen molar-refractivity contribution in [2.24, 2.45) is 0 Å². The van der Waals surface area contributed by atoms with Gasteiger partial charge in [0.1, 0.15) is 5.82 Å². The highest BCUT2D eigenvalue weighted by Crippen LogP contribution is 2.15. The van der Waals surface area contributed by atoms with Crippen LogP contribution in [0.5, 0.6) is 0 Å². The van der Waals surface area contributed by atoms with Gasteiger partial charge < -0.3 is 4.57 Å². The lowest BCUT2D eigenvalue weighted by atomic mass is 10.1. The smallest absolute Gasteiger partial charge is 0.280 e. The van der Waals surface area contributed by atoms with Gasteiger partial charge in [-0.1, -0.05) is 37.3 Å². The minimum Gasteiger partial charge on any atom is -0.333 e. The Morgan fingerprint density at radius 2 is 1.95 bits per heavy atom. The molecule has 0 saturated heterocycles. The van der Waals surface area contributed by atoms with Gasteiger partial charge in [-0.15, -0.1) is 0 Å². The molecule has 0 aliphatic heterocycles. The molecular formula is C14H17ClN2O2S. The first kappa shape index (κ1) is 15.1. The number of aryl methyl sites for hydroxylation is 3. The molecule has 0 atom stereocenters. The van der Waals surface area contributed by atoms with Crippen LogP contribution in [0.2, 0.25) is 0 Å². The third-order valence-electron chi connectivity index (χ3n) is 3.11. The molecule has 0 fully saturated rings. The highest BCUT2D eigenvalue weighted by atomic mass is 35.7. The largest absolute Gasteiger partial charge is 0.333 e. The molecule has 2 aromatic rings. The zero-order valence-corrected chi connectivity index (χ0v) is 12.9. The van der Waals surface area contributed by atoms with Crippen LogP contribution in [0.15, 0.2) is 41.6 Å². The normalized spacial score (nSPS) is 11.7. The van der Waals surface area contributed by atoms with Crippen molar-refractivity contribution in [3.05, 3.63) is 47.9 Å². The van der Waals surface area contributed by atoms with Crippen LogP contribution in [0.4, 0.5) is 0 Å². The van der Waals surface area contributed by atoms with Gasteiger partial charge in [0.15, 0.2) is 5.03 Å². The molecule has 6 heteroatoms. The van der Waals surface area contributed by atoms with Gasteiger partial charge >= 0.3 is 0 Å². The van der Waals surface area contributed by atoms with Crippen molar-refractivity contribution < 1.29 is 8.42 Å². The third-order valence-corrected chi connectivity index (χ3v) is 4.28. The summed E-state index contributed by atoms with van der Waals surface area (Å²) in [4.78, 5) is 4.07. The van der Waals surface area contributed by atoms with Crippen LogP contribution in [-0.4, -0.2) is 18.0 Å². The molecule has 0 radical (unpaired) electrons. The maximum Gasteiger partial charge on any atom is 0.280 e. The van der Waals surface area contributed by atoms with E-state index in [9.17, 15) is 8.42 Å². The first-order chi connectivity index (χ1) is 9.50.